The van der Waals surface area contributed by atoms with Gasteiger partial charge in [-0.25, -0.2) is 5.43 Å². The summed E-state index contributed by atoms with van der Waals surface area (Å²) >= 11 is 4.98. The number of carbonyl (C=O) groups excluding carboxylic acids is 1. The van der Waals surface area contributed by atoms with Gasteiger partial charge in [0.1, 0.15) is 0 Å². The molecule has 104 valence electrons. The maximum atomic E-state index is 11.8. The first kappa shape index (κ1) is 14.7. The highest BCUT2D eigenvalue weighted by atomic mass is 79.9. The number of thiophene rings is 1. The van der Waals surface area contributed by atoms with E-state index in [2.05, 4.69) is 26.5 Å². The van der Waals surface area contributed by atoms with Crippen LogP contribution in [0.3, 0.4) is 0 Å². The highest BCUT2D eigenvalue weighted by molar-refractivity contribution is 9.11. The fraction of sp³-hybridized carbons (Fsp3) is 0.538. The van der Waals surface area contributed by atoms with E-state index in [0.29, 0.717) is 6.54 Å². The standard InChI is InChI=1S/C13H18BrN3OS/c14-12-6-5-11(19-12)9-15-16-13(18)10-17-7-3-1-2-4-8-17/h5-6,9H,1-4,7-8,10H2,(H,16,18)/p+1/b15-9-. The summed E-state index contributed by atoms with van der Waals surface area (Å²) in [5.74, 6) is 0.00349. The molecule has 1 aliphatic heterocycles. The normalized spacial score (nSPS) is 17.5. The Hall–Kier alpha value is -0.720. The molecule has 0 radical (unpaired) electrons. The Labute approximate surface area is 126 Å². The molecule has 1 fully saturated rings. The van der Waals surface area contributed by atoms with Crippen molar-refractivity contribution in [3.8, 4) is 0 Å². The Balaban J connectivity index is 1.73. The molecule has 2 N–H and O–H groups in total. The summed E-state index contributed by atoms with van der Waals surface area (Å²) < 4.78 is 1.06. The molecule has 0 saturated carbocycles. The molecule has 0 atom stereocenters. The molecule has 1 saturated heterocycles. The first-order chi connectivity index (χ1) is 9.24. The van der Waals surface area contributed by atoms with Crippen LogP contribution in [0.15, 0.2) is 21.0 Å². The number of carbonyl (C=O) groups is 1. The van der Waals surface area contributed by atoms with Crippen molar-refractivity contribution in [2.45, 2.75) is 25.7 Å². The molecule has 19 heavy (non-hydrogen) atoms. The van der Waals surface area contributed by atoms with E-state index in [1.807, 2.05) is 12.1 Å². The zero-order valence-corrected chi connectivity index (χ0v) is 13.2. The lowest BCUT2D eigenvalue weighted by Gasteiger charge is -2.15. The van der Waals surface area contributed by atoms with Crippen molar-refractivity contribution in [2.75, 3.05) is 19.6 Å². The third-order valence-electron chi connectivity index (χ3n) is 3.20. The minimum Gasteiger partial charge on any atom is -0.327 e. The van der Waals surface area contributed by atoms with Crippen molar-refractivity contribution in [1.82, 2.24) is 5.43 Å². The van der Waals surface area contributed by atoms with Gasteiger partial charge in [0.15, 0.2) is 6.54 Å². The second-order valence-corrected chi connectivity index (χ2v) is 7.27. The molecular weight excluding hydrogens is 326 g/mol. The smallest absolute Gasteiger partial charge is 0.295 e. The van der Waals surface area contributed by atoms with Crippen molar-refractivity contribution in [3.05, 3.63) is 20.8 Å². The second-order valence-electron chi connectivity index (χ2n) is 4.78. The average Bonchev–Trinajstić information content (AvgIpc) is 2.63. The van der Waals surface area contributed by atoms with Gasteiger partial charge in [-0.15, -0.1) is 11.3 Å². The van der Waals surface area contributed by atoms with Crippen LogP contribution in [-0.2, 0) is 4.79 Å². The van der Waals surface area contributed by atoms with Crippen LogP contribution in [-0.4, -0.2) is 31.8 Å². The lowest BCUT2D eigenvalue weighted by atomic mass is 10.2. The molecule has 0 aromatic carbocycles. The molecule has 0 spiro atoms. The molecule has 0 aliphatic carbocycles. The van der Waals surface area contributed by atoms with Gasteiger partial charge in [-0.05, 0) is 53.7 Å². The Morgan fingerprint density at radius 3 is 2.74 bits per heavy atom. The van der Waals surface area contributed by atoms with Crippen LogP contribution >= 0.6 is 27.3 Å². The predicted molar refractivity (Wildman–Crippen MR) is 81.8 cm³/mol. The molecule has 0 unspecified atom stereocenters. The second kappa shape index (κ2) is 7.77. The number of rotatable bonds is 4. The average molecular weight is 345 g/mol. The molecule has 1 aliphatic rings. The van der Waals surface area contributed by atoms with Gasteiger partial charge in [-0.2, -0.15) is 5.10 Å². The van der Waals surface area contributed by atoms with Gasteiger partial charge < -0.3 is 4.90 Å². The quantitative estimate of drug-likeness (QED) is 0.629. The third-order valence-corrected chi connectivity index (χ3v) is 4.75. The Bertz CT molecular complexity index is 439. The fourth-order valence-electron chi connectivity index (χ4n) is 2.24. The number of halogens is 1. The monoisotopic (exact) mass is 344 g/mol. The zero-order valence-electron chi connectivity index (χ0n) is 10.8. The third kappa shape index (κ3) is 5.42. The van der Waals surface area contributed by atoms with E-state index in [0.717, 1.165) is 21.8 Å². The summed E-state index contributed by atoms with van der Waals surface area (Å²) in [5.41, 5.74) is 2.61. The van der Waals surface area contributed by atoms with Gasteiger partial charge in [-0.1, -0.05) is 0 Å². The molecule has 2 heterocycles. The van der Waals surface area contributed by atoms with Crippen LogP contribution in [0.5, 0.6) is 0 Å². The van der Waals surface area contributed by atoms with Crippen LogP contribution in [0, 0.1) is 0 Å². The number of hydrogen-bond donors (Lipinski definition) is 2. The predicted octanol–water partition coefficient (Wildman–Crippen LogP) is 1.42. The van der Waals surface area contributed by atoms with Crippen molar-refractivity contribution in [2.24, 2.45) is 5.10 Å². The highest BCUT2D eigenvalue weighted by Gasteiger charge is 2.15. The van der Waals surface area contributed by atoms with E-state index in [9.17, 15) is 4.79 Å². The van der Waals surface area contributed by atoms with Crippen LogP contribution in [0.4, 0.5) is 0 Å². The number of hydrazone groups is 1. The van der Waals surface area contributed by atoms with Gasteiger partial charge >= 0.3 is 0 Å². The maximum Gasteiger partial charge on any atom is 0.295 e. The summed E-state index contributed by atoms with van der Waals surface area (Å²) in [4.78, 5) is 14.2. The van der Waals surface area contributed by atoms with Gasteiger partial charge in [0, 0.05) is 4.88 Å². The summed E-state index contributed by atoms with van der Waals surface area (Å²) in [6, 6.07) is 3.93. The lowest BCUT2D eigenvalue weighted by Crippen LogP contribution is -3.13. The molecule has 1 amide bonds. The number of nitrogens with zero attached hydrogens (tertiary/aromatic N) is 1. The number of quaternary nitrogens is 1. The maximum absolute atomic E-state index is 11.8. The molecule has 2 rings (SSSR count). The fourth-order valence-corrected chi connectivity index (χ4v) is 3.53. The minimum atomic E-state index is 0.00349. The highest BCUT2D eigenvalue weighted by Crippen LogP contribution is 2.20. The molecular formula is C13H19BrN3OS+. The van der Waals surface area contributed by atoms with E-state index in [4.69, 9.17) is 0 Å². The van der Waals surface area contributed by atoms with Gasteiger partial charge in [0.05, 0.1) is 23.1 Å². The first-order valence-corrected chi connectivity index (χ1v) is 8.26. The minimum absolute atomic E-state index is 0.00349. The lowest BCUT2D eigenvalue weighted by molar-refractivity contribution is -0.891. The van der Waals surface area contributed by atoms with E-state index in [-0.39, 0.29) is 5.91 Å². The largest absolute Gasteiger partial charge is 0.327 e. The number of likely N-dealkylation sites (tertiary alicyclic amines) is 1. The SMILES string of the molecule is O=C(C[NH+]1CCCCCC1)N/N=C\c1ccc(Br)s1. The molecule has 1 aromatic rings. The molecule has 1 aromatic heterocycles. The van der Waals surface area contributed by atoms with Crippen molar-refractivity contribution < 1.29 is 9.69 Å². The van der Waals surface area contributed by atoms with Crippen molar-refractivity contribution in [1.29, 1.82) is 0 Å². The number of nitrogens with one attached hydrogen (secondary N) is 2. The molecule has 6 heteroatoms. The van der Waals surface area contributed by atoms with Crippen LogP contribution < -0.4 is 10.3 Å². The van der Waals surface area contributed by atoms with E-state index < -0.39 is 0 Å². The first-order valence-electron chi connectivity index (χ1n) is 6.65. The van der Waals surface area contributed by atoms with Crippen LogP contribution in [0.2, 0.25) is 0 Å². The van der Waals surface area contributed by atoms with Gasteiger partial charge in [0.25, 0.3) is 5.91 Å². The van der Waals surface area contributed by atoms with Crippen molar-refractivity contribution >= 4 is 39.4 Å². The van der Waals surface area contributed by atoms with E-state index in [1.54, 1.807) is 17.6 Å². The summed E-state index contributed by atoms with van der Waals surface area (Å²) in [6.45, 7) is 2.75. The van der Waals surface area contributed by atoms with Gasteiger partial charge in [-0.3, -0.25) is 4.79 Å². The van der Waals surface area contributed by atoms with E-state index >= 15 is 0 Å². The van der Waals surface area contributed by atoms with Crippen molar-refractivity contribution in [3.63, 3.8) is 0 Å². The summed E-state index contributed by atoms with van der Waals surface area (Å²) in [5, 5.41) is 4.00. The summed E-state index contributed by atoms with van der Waals surface area (Å²) in [7, 11) is 0. The Morgan fingerprint density at radius 2 is 2.11 bits per heavy atom. The van der Waals surface area contributed by atoms with Gasteiger partial charge in [0.2, 0.25) is 0 Å². The molecule has 4 nitrogen and oxygen atoms in total. The van der Waals surface area contributed by atoms with Crippen LogP contribution in [0.1, 0.15) is 30.6 Å². The zero-order chi connectivity index (χ0) is 13.5. The summed E-state index contributed by atoms with van der Waals surface area (Å²) in [6.07, 6.45) is 6.75. The number of hydrogen-bond acceptors (Lipinski definition) is 3. The van der Waals surface area contributed by atoms with Crippen LogP contribution in [0.25, 0.3) is 0 Å². The molecule has 0 bridgehead atoms. The number of amides is 1. The van der Waals surface area contributed by atoms with E-state index in [1.165, 1.54) is 30.6 Å². The Morgan fingerprint density at radius 1 is 1.37 bits per heavy atom. The topological polar surface area (TPSA) is 45.9 Å². The Kier molecular flexibility index (Phi) is 6.00.